The van der Waals surface area contributed by atoms with Crippen molar-refractivity contribution in [3.8, 4) is 68.0 Å². The molecule has 0 saturated heterocycles. The molecular weight excluding hydrogens is 1390 g/mol. The highest BCUT2D eigenvalue weighted by Crippen LogP contribution is 2.39. The van der Waals surface area contributed by atoms with Crippen LogP contribution in [0, 0.1) is 47.3 Å². The monoisotopic (exact) mass is 1500 g/mol. The lowest BCUT2D eigenvalue weighted by Crippen LogP contribution is -2.37. The van der Waals surface area contributed by atoms with Crippen LogP contribution in [0.25, 0.3) is 67.1 Å². The number of nitrogens with zero attached hydrogens (tertiary/aromatic N) is 4. The van der Waals surface area contributed by atoms with Gasteiger partial charge in [0.1, 0.15) is 34.0 Å². The number of ether oxygens (including phenoxy) is 4. The third kappa shape index (κ3) is 28.0. The van der Waals surface area contributed by atoms with E-state index in [4.69, 9.17) is 38.9 Å². The summed E-state index contributed by atoms with van der Waals surface area (Å²) < 4.78 is 26.8. The van der Waals surface area contributed by atoms with Crippen molar-refractivity contribution in [3.63, 3.8) is 0 Å². The Morgan fingerprint density at radius 3 is 0.798 bits per heavy atom. The third-order valence-electron chi connectivity index (χ3n) is 18.0. The Hall–Kier alpha value is -5.58. The van der Waals surface area contributed by atoms with Crippen molar-refractivity contribution in [1.82, 2.24) is 19.9 Å². The molecule has 540 valence electrons. The number of halogens is 3. The highest BCUT2D eigenvalue weighted by Gasteiger charge is 2.27. The molecule has 6 aromatic carbocycles. The predicted octanol–water partition coefficient (Wildman–Crippen LogP) is 21.5. The minimum absolute atomic E-state index is 0. The Kier molecular flexibility index (Phi) is 37.4. The summed E-state index contributed by atoms with van der Waals surface area (Å²) in [5, 5.41) is 40.9. The molecule has 0 bridgehead atoms. The fourth-order valence-corrected chi connectivity index (χ4v) is 12.8. The van der Waals surface area contributed by atoms with Crippen molar-refractivity contribution < 1.29 is 40.5 Å². The van der Waals surface area contributed by atoms with Gasteiger partial charge in [-0.05, 0) is 166 Å². The van der Waals surface area contributed by atoms with Gasteiger partial charge in [-0.15, -0.1) is 11.6 Å². The molecule has 0 amide bonds. The predicted molar refractivity (Wildman–Crippen MR) is 428 cm³/mol. The SMILES string of the molecule is C.CC(C)CCCC(C)CCOc1cccc(-c2nc3c(B(O)O)ccc(B(O)O)c3nc2-c2cccc(OCCC(C)CCCC(C)C)c2)c1.CC(C)CCCC(C)CCOc1cccc(-c2nc3c(Br)ccc(Br)c3nc2-c2cccc(OCCC(C)CCCC(C)C)c2)c1.CCl.[HH]. The molecule has 0 aliphatic rings. The molecule has 17 heteroatoms. The van der Waals surface area contributed by atoms with Gasteiger partial charge in [-0.1, -0.05) is 228 Å². The molecule has 99 heavy (non-hydrogen) atoms. The summed E-state index contributed by atoms with van der Waals surface area (Å²) in [5.41, 5.74) is 8.21. The van der Waals surface area contributed by atoms with Gasteiger partial charge in [0.2, 0.25) is 0 Å². The van der Waals surface area contributed by atoms with Crippen molar-refractivity contribution in [2.45, 2.75) is 193 Å². The molecule has 0 fully saturated rings. The quantitative estimate of drug-likeness (QED) is 0.0214. The van der Waals surface area contributed by atoms with E-state index >= 15 is 0 Å². The van der Waals surface area contributed by atoms with Crippen LogP contribution in [0.4, 0.5) is 0 Å². The van der Waals surface area contributed by atoms with Crippen molar-refractivity contribution in [1.29, 1.82) is 0 Å². The first kappa shape index (κ1) is 84.1. The second-order valence-corrected chi connectivity index (χ2v) is 30.3. The molecule has 0 spiro atoms. The molecule has 4 N–H and O–H groups in total. The highest BCUT2D eigenvalue weighted by atomic mass is 79.9. The van der Waals surface area contributed by atoms with Crippen molar-refractivity contribution in [3.05, 3.63) is 130 Å². The first-order valence-electron chi connectivity index (χ1n) is 36.1. The summed E-state index contributed by atoms with van der Waals surface area (Å²) in [6, 6.07) is 38.7. The number of rotatable bonds is 38. The average Bonchev–Trinajstić information content (AvgIpc) is 0.764. The Morgan fingerprint density at radius 2 is 0.576 bits per heavy atom. The van der Waals surface area contributed by atoms with E-state index in [1.54, 1.807) is 0 Å². The number of hydrogen-bond acceptors (Lipinski definition) is 12. The lowest BCUT2D eigenvalue weighted by atomic mass is 9.73. The van der Waals surface area contributed by atoms with Gasteiger partial charge in [0.25, 0.3) is 0 Å². The van der Waals surface area contributed by atoms with Crippen LogP contribution in [-0.4, -0.2) is 87.1 Å². The maximum absolute atomic E-state index is 10.2. The van der Waals surface area contributed by atoms with E-state index in [0.29, 0.717) is 73.0 Å². The van der Waals surface area contributed by atoms with Gasteiger partial charge in [0.15, 0.2) is 0 Å². The first-order valence-corrected chi connectivity index (χ1v) is 38.4. The second kappa shape index (κ2) is 44.0. The number of benzene rings is 6. The lowest BCUT2D eigenvalue weighted by Gasteiger charge is -2.17. The number of alkyl halides is 1. The van der Waals surface area contributed by atoms with E-state index < -0.39 is 14.2 Å². The van der Waals surface area contributed by atoms with Crippen LogP contribution in [-0.2, 0) is 0 Å². The standard InChI is InChI=1S/C40H56B2N2O6.C40H52Br2N2O2.CH3Cl.CH4.H2/c1-27(2)11-7-13-29(5)21-23-49-33-17-9-15-31(25-33)37-38(44-40-36(42(47)48)20-19-35(41(45)46)39(40)43-37)32-16-10-18-34(26-32)50-24-22-30(6)14-8-12-28(3)4;1-27(2)11-7-13-29(5)21-23-45-33-17-9-15-31(25-33)37-38(44-40-36(42)20-19-35(41)39(40)43-37)32-16-10-18-34(26-32)46-24-22-30(6)14-8-12-28(3)4;1-2;;/h9-10,15-20,25-30,45-48H,7-8,11-14,21-24H2,1-6H3;9-10,15-20,25-30H,7-8,11-14,21-24H2,1-6H3;1H3;1H4;1H. The summed E-state index contributed by atoms with van der Waals surface area (Å²) in [6.07, 6.45) is 20.4. The molecule has 0 saturated carbocycles. The van der Waals surface area contributed by atoms with Gasteiger partial charge in [0, 0.05) is 49.9 Å². The van der Waals surface area contributed by atoms with Crippen molar-refractivity contribution >= 4 is 90.7 Å². The molecule has 0 radical (unpaired) electrons. The topological polar surface area (TPSA) is 169 Å². The van der Waals surface area contributed by atoms with Crippen LogP contribution in [0.5, 0.6) is 23.0 Å². The largest absolute Gasteiger partial charge is 0.494 e. The molecule has 4 unspecified atom stereocenters. The molecule has 12 nitrogen and oxygen atoms in total. The zero-order valence-corrected chi connectivity index (χ0v) is 64.7. The number of fused-ring (bicyclic) bond motifs is 2. The fraction of sp³-hybridized carbons (Fsp3) is 0.512. The van der Waals surface area contributed by atoms with Crippen LogP contribution in [0.2, 0.25) is 0 Å². The maximum atomic E-state index is 10.2. The third-order valence-corrected chi connectivity index (χ3v) is 19.3. The minimum Gasteiger partial charge on any atom is -0.494 e. The number of aromatic nitrogens is 4. The Labute approximate surface area is 618 Å². The molecule has 8 rings (SSSR count). The average molecular weight is 1500 g/mol. The van der Waals surface area contributed by atoms with Gasteiger partial charge >= 0.3 is 14.2 Å². The highest BCUT2D eigenvalue weighted by molar-refractivity contribution is 9.11. The summed E-state index contributed by atoms with van der Waals surface area (Å²) in [6.45, 7) is 30.0. The fourth-order valence-electron chi connectivity index (χ4n) is 12.0. The lowest BCUT2D eigenvalue weighted by molar-refractivity contribution is 0.275. The minimum atomic E-state index is -1.84. The first-order chi connectivity index (χ1) is 47.0. The molecule has 8 aromatic rings. The summed E-state index contributed by atoms with van der Waals surface area (Å²) in [5.74, 6) is 8.51. The van der Waals surface area contributed by atoms with E-state index in [1.807, 2.05) is 84.9 Å². The van der Waals surface area contributed by atoms with Crippen LogP contribution in [0.3, 0.4) is 0 Å². The molecule has 2 aromatic heterocycles. The van der Waals surface area contributed by atoms with E-state index in [-0.39, 0.29) is 30.8 Å². The van der Waals surface area contributed by atoms with Crippen molar-refractivity contribution in [2.75, 3.05) is 32.8 Å². The van der Waals surface area contributed by atoms with Gasteiger partial charge in [-0.25, -0.2) is 19.9 Å². The van der Waals surface area contributed by atoms with E-state index in [0.717, 1.165) is 114 Å². The Balaban J connectivity index is 0.000000407. The zero-order valence-electron chi connectivity index (χ0n) is 60.8. The Morgan fingerprint density at radius 1 is 0.343 bits per heavy atom. The van der Waals surface area contributed by atoms with Crippen LogP contribution >= 0.6 is 43.5 Å². The second-order valence-electron chi connectivity index (χ2n) is 28.6. The number of hydrogen-bond donors (Lipinski definition) is 4. The van der Waals surface area contributed by atoms with Crippen molar-refractivity contribution in [2.24, 2.45) is 47.3 Å². The molecule has 0 aliphatic heterocycles. The summed E-state index contributed by atoms with van der Waals surface area (Å²) >= 11 is 12.1. The molecule has 4 atom stereocenters. The van der Waals surface area contributed by atoms with E-state index in [1.165, 1.54) is 95.6 Å². The van der Waals surface area contributed by atoms with Crippen LogP contribution in [0.1, 0.15) is 195 Å². The van der Waals surface area contributed by atoms with E-state index in [2.05, 4.69) is 151 Å². The summed E-state index contributed by atoms with van der Waals surface area (Å²) in [7, 11) is -3.67. The smallest absolute Gasteiger partial charge is 0.490 e. The van der Waals surface area contributed by atoms with E-state index in [9.17, 15) is 20.1 Å². The Bertz CT molecular complexity index is 3450. The molecule has 2 heterocycles. The van der Waals surface area contributed by atoms with Crippen LogP contribution in [0.15, 0.2) is 130 Å². The molecular formula is C82H117B2Br2ClN4O8. The summed E-state index contributed by atoms with van der Waals surface area (Å²) in [4.78, 5) is 20.3. The van der Waals surface area contributed by atoms with Gasteiger partial charge in [0.05, 0.1) is 60.2 Å². The van der Waals surface area contributed by atoms with Gasteiger partial charge < -0.3 is 39.0 Å². The van der Waals surface area contributed by atoms with Gasteiger partial charge in [-0.3, -0.25) is 0 Å². The van der Waals surface area contributed by atoms with Crippen LogP contribution < -0.4 is 29.9 Å². The zero-order chi connectivity index (χ0) is 71.3. The van der Waals surface area contributed by atoms with Gasteiger partial charge in [-0.2, -0.15) is 0 Å². The normalized spacial score (nSPS) is 12.6. The maximum Gasteiger partial charge on any atom is 0.490 e. The molecule has 0 aliphatic carbocycles.